The van der Waals surface area contributed by atoms with Crippen molar-refractivity contribution in [1.82, 2.24) is 0 Å². The molecule has 0 amide bonds. The van der Waals surface area contributed by atoms with Crippen LogP contribution in [0, 0.1) is 11.3 Å². The molecule has 0 unspecified atom stereocenters. The molecule has 8 aromatic rings. The third-order valence-corrected chi connectivity index (χ3v) is 10.8. The smallest absolute Gasteiger partial charge is 0.100 e. The van der Waals surface area contributed by atoms with Crippen molar-refractivity contribution >= 4 is 0 Å². The number of hydrogen-bond donors (Lipinski definition) is 0. The highest BCUT2D eigenvalue weighted by molar-refractivity contribution is 5.92. The molecular weight excluding hydrogens is 675 g/mol. The Kier molecular flexibility index (Phi) is 10.3. The van der Waals surface area contributed by atoms with Crippen LogP contribution in [0.15, 0.2) is 188 Å². The molecule has 0 aliphatic rings. The third-order valence-electron chi connectivity index (χ3n) is 10.8. The SMILES string of the molecule is CC(C)c1cc(-c2ccccc2)cc(-c2cc(-c3cc(-c4ccccc4)cc(-c4ccccc4)c3)cc(-c3cc(-c4ccccc4)cc(C(C)C)c3)c2C#N)c1. The van der Waals surface area contributed by atoms with Crippen LogP contribution >= 0.6 is 0 Å². The highest BCUT2D eigenvalue weighted by Crippen LogP contribution is 2.43. The van der Waals surface area contributed by atoms with Gasteiger partial charge in [0.05, 0.1) is 5.56 Å². The van der Waals surface area contributed by atoms with Gasteiger partial charge in [-0.2, -0.15) is 5.26 Å². The number of hydrogen-bond acceptors (Lipinski definition) is 1. The van der Waals surface area contributed by atoms with Crippen molar-refractivity contribution < 1.29 is 0 Å². The Morgan fingerprint density at radius 1 is 0.304 bits per heavy atom. The van der Waals surface area contributed by atoms with Crippen LogP contribution in [0.4, 0.5) is 0 Å². The van der Waals surface area contributed by atoms with Gasteiger partial charge in [0.25, 0.3) is 0 Å². The van der Waals surface area contributed by atoms with Gasteiger partial charge >= 0.3 is 0 Å². The van der Waals surface area contributed by atoms with E-state index in [9.17, 15) is 5.26 Å². The molecule has 0 spiro atoms. The predicted molar refractivity (Wildman–Crippen MR) is 237 cm³/mol. The van der Waals surface area contributed by atoms with Gasteiger partial charge < -0.3 is 0 Å². The lowest BCUT2D eigenvalue weighted by molar-refractivity contribution is 0.867. The molecule has 1 heteroatoms. The molecule has 0 saturated carbocycles. The summed E-state index contributed by atoms with van der Waals surface area (Å²) >= 11 is 0. The second-order valence-corrected chi connectivity index (χ2v) is 15.3. The summed E-state index contributed by atoms with van der Waals surface area (Å²) in [4.78, 5) is 0. The van der Waals surface area contributed by atoms with E-state index in [4.69, 9.17) is 0 Å². The molecule has 0 aromatic heterocycles. The number of benzene rings is 8. The molecular formula is C55H45N. The molecule has 0 saturated heterocycles. The summed E-state index contributed by atoms with van der Waals surface area (Å²) in [5.74, 6) is 0.607. The molecule has 270 valence electrons. The van der Waals surface area contributed by atoms with E-state index in [-0.39, 0.29) is 0 Å². The fourth-order valence-electron chi connectivity index (χ4n) is 7.65. The van der Waals surface area contributed by atoms with Crippen molar-refractivity contribution in [3.05, 3.63) is 205 Å². The Bertz CT molecular complexity index is 2490. The van der Waals surface area contributed by atoms with Gasteiger partial charge in [-0.05, 0) is 132 Å². The standard InChI is InChI=1S/C55H45N/c1-37(2)43-25-45(39-17-9-5-10-18-39)32-51(27-43)53-34-50(49-30-47(41-21-13-7-14-22-41)29-48(31-49)42-23-15-8-16-24-42)35-54(55(53)36-56)52-28-44(38(3)4)26-46(33-52)40-19-11-6-12-20-40/h5-35,37-38H,1-4H3. The average molecular weight is 720 g/mol. The molecule has 0 bridgehead atoms. The first kappa shape index (κ1) is 36.2. The highest BCUT2D eigenvalue weighted by Gasteiger charge is 2.20. The van der Waals surface area contributed by atoms with Crippen LogP contribution in [0.5, 0.6) is 0 Å². The molecule has 8 rings (SSSR count). The van der Waals surface area contributed by atoms with E-state index in [1.54, 1.807) is 0 Å². The fraction of sp³-hybridized carbons (Fsp3) is 0.109. The van der Waals surface area contributed by atoms with Gasteiger partial charge in [0.2, 0.25) is 0 Å². The van der Waals surface area contributed by atoms with Crippen molar-refractivity contribution in [1.29, 1.82) is 5.26 Å². The van der Waals surface area contributed by atoms with Gasteiger partial charge in [0.1, 0.15) is 6.07 Å². The number of nitrogens with zero attached hydrogens (tertiary/aromatic N) is 1. The summed E-state index contributed by atoms with van der Waals surface area (Å²) in [6, 6.07) is 70.2. The lowest BCUT2D eigenvalue weighted by Crippen LogP contribution is -1.97. The van der Waals surface area contributed by atoms with Crippen LogP contribution in [0.1, 0.15) is 56.2 Å². The first-order chi connectivity index (χ1) is 27.3. The van der Waals surface area contributed by atoms with E-state index >= 15 is 0 Å². The minimum Gasteiger partial charge on any atom is -0.192 e. The van der Waals surface area contributed by atoms with E-state index in [1.807, 2.05) is 0 Å². The number of nitriles is 1. The maximum absolute atomic E-state index is 11.2. The Morgan fingerprint density at radius 3 is 0.857 bits per heavy atom. The number of rotatable bonds is 9. The van der Waals surface area contributed by atoms with Crippen LogP contribution in [-0.2, 0) is 0 Å². The van der Waals surface area contributed by atoms with E-state index < -0.39 is 0 Å². The van der Waals surface area contributed by atoms with Crippen molar-refractivity contribution in [2.75, 3.05) is 0 Å². The zero-order valence-electron chi connectivity index (χ0n) is 32.5. The second kappa shape index (κ2) is 15.9. The maximum Gasteiger partial charge on any atom is 0.100 e. The summed E-state index contributed by atoms with van der Waals surface area (Å²) in [5, 5.41) is 11.2. The van der Waals surface area contributed by atoms with Crippen molar-refractivity contribution in [3.8, 4) is 84.0 Å². The van der Waals surface area contributed by atoms with E-state index in [1.165, 1.54) is 11.1 Å². The van der Waals surface area contributed by atoms with E-state index in [2.05, 4.69) is 222 Å². The molecule has 0 heterocycles. The van der Waals surface area contributed by atoms with E-state index in [0.29, 0.717) is 17.4 Å². The monoisotopic (exact) mass is 719 g/mol. The Hall–Kier alpha value is -6.75. The Labute approximate surface area is 332 Å². The first-order valence-electron chi connectivity index (χ1n) is 19.6. The summed E-state index contributed by atoms with van der Waals surface area (Å²) < 4.78 is 0. The molecule has 0 aliphatic carbocycles. The van der Waals surface area contributed by atoms with Gasteiger partial charge in [0, 0.05) is 11.1 Å². The highest BCUT2D eigenvalue weighted by atomic mass is 14.3. The molecule has 1 nitrogen and oxygen atoms in total. The second-order valence-electron chi connectivity index (χ2n) is 15.3. The average Bonchev–Trinajstić information content (AvgIpc) is 3.26. The topological polar surface area (TPSA) is 23.8 Å². The zero-order chi connectivity index (χ0) is 38.6. The molecule has 0 radical (unpaired) electrons. The van der Waals surface area contributed by atoms with Crippen LogP contribution in [0.25, 0.3) is 77.9 Å². The fourth-order valence-corrected chi connectivity index (χ4v) is 7.65. The van der Waals surface area contributed by atoms with Crippen LogP contribution < -0.4 is 0 Å². The summed E-state index contributed by atoms with van der Waals surface area (Å²) in [7, 11) is 0. The van der Waals surface area contributed by atoms with Crippen molar-refractivity contribution in [2.24, 2.45) is 0 Å². The van der Waals surface area contributed by atoms with Gasteiger partial charge in [-0.25, -0.2) is 0 Å². The molecule has 56 heavy (non-hydrogen) atoms. The van der Waals surface area contributed by atoms with Crippen molar-refractivity contribution in [3.63, 3.8) is 0 Å². The Balaban J connectivity index is 1.45. The predicted octanol–water partition coefficient (Wildman–Crippen LogP) is 15.5. The lowest BCUT2D eigenvalue weighted by atomic mass is 9.84. The molecule has 0 aliphatic heterocycles. The first-order valence-corrected chi connectivity index (χ1v) is 19.6. The van der Waals surface area contributed by atoms with Gasteiger partial charge in [-0.15, -0.1) is 0 Å². The van der Waals surface area contributed by atoms with Crippen LogP contribution in [-0.4, -0.2) is 0 Å². The lowest BCUT2D eigenvalue weighted by Gasteiger charge is -2.19. The maximum atomic E-state index is 11.2. The van der Waals surface area contributed by atoms with Gasteiger partial charge in [-0.1, -0.05) is 173 Å². The normalized spacial score (nSPS) is 11.2. The van der Waals surface area contributed by atoms with Crippen LogP contribution in [0.3, 0.4) is 0 Å². The molecule has 8 aromatic carbocycles. The molecule has 0 fully saturated rings. The molecule has 0 N–H and O–H groups in total. The minimum absolute atomic E-state index is 0.303. The Morgan fingerprint density at radius 2 is 0.554 bits per heavy atom. The van der Waals surface area contributed by atoms with Crippen LogP contribution in [0.2, 0.25) is 0 Å². The van der Waals surface area contributed by atoms with Gasteiger partial charge in [-0.3, -0.25) is 0 Å². The van der Waals surface area contributed by atoms with E-state index in [0.717, 1.165) is 77.9 Å². The summed E-state index contributed by atoms with van der Waals surface area (Å²) in [5.41, 5.74) is 18.5. The largest absolute Gasteiger partial charge is 0.192 e. The molecule has 0 atom stereocenters. The zero-order valence-corrected chi connectivity index (χ0v) is 32.5. The third kappa shape index (κ3) is 7.61. The van der Waals surface area contributed by atoms with Gasteiger partial charge in [0.15, 0.2) is 0 Å². The summed E-state index contributed by atoms with van der Waals surface area (Å²) in [6.07, 6.45) is 0. The minimum atomic E-state index is 0.303. The van der Waals surface area contributed by atoms with Crippen molar-refractivity contribution in [2.45, 2.75) is 39.5 Å². The quantitative estimate of drug-likeness (QED) is 0.146. The summed E-state index contributed by atoms with van der Waals surface area (Å²) in [6.45, 7) is 8.96.